The van der Waals surface area contributed by atoms with Crippen LogP contribution in [0.4, 0.5) is 0 Å². The minimum Gasteiger partial charge on any atom is -0.394 e. The molecule has 0 saturated heterocycles. The Bertz CT molecular complexity index is 178. The predicted octanol–water partition coefficient (Wildman–Crippen LogP) is 0.669. The first-order valence-electron chi connectivity index (χ1n) is 6.34. The Kier molecular flexibility index (Phi) is 6.28. The summed E-state index contributed by atoms with van der Waals surface area (Å²) >= 11 is 0. The molecule has 1 aliphatic carbocycles. The molecule has 0 aromatic heterocycles. The molecular weight excluding hydrogens is 206 g/mol. The SMILES string of the molecule is CCCCOCC(O)CNC1(CO)CCC1. The third-order valence-electron chi connectivity index (χ3n) is 3.28. The number of hydrogen-bond donors (Lipinski definition) is 3. The normalized spacial score (nSPS) is 20.4. The van der Waals surface area contributed by atoms with Crippen LogP contribution in [0.3, 0.4) is 0 Å². The van der Waals surface area contributed by atoms with Crippen molar-refractivity contribution >= 4 is 0 Å². The lowest BCUT2D eigenvalue weighted by Gasteiger charge is -2.41. The average molecular weight is 231 g/mol. The minimum absolute atomic E-state index is 0.121. The van der Waals surface area contributed by atoms with E-state index in [0.29, 0.717) is 13.2 Å². The first-order valence-corrected chi connectivity index (χ1v) is 6.34. The molecule has 0 amide bonds. The molecule has 0 radical (unpaired) electrons. The largest absolute Gasteiger partial charge is 0.394 e. The summed E-state index contributed by atoms with van der Waals surface area (Å²) in [5, 5.41) is 22.1. The van der Waals surface area contributed by atoms with Crippen LogP contribution >= 0.6 is 0 Å². The highest BCUT2D eigenvalue weighted by molar-refractivity contribution is 4.95. The van der Waals surface area contributed by atoms with E-state index in [0.717, 1.165) is 38.7 Å². The summed E-state index contributed by atoms with van der Waals surface area (Å²) in [7, 11) is 0. The molecule has 16 heavy (non-hydrogen) atoms. The maximum absolute atomic E-state index is 9.66. The van der Waals surface area contributed by atoms with Crippen molar-refractivity contribution in [2.75, 3.05) is 26.4 Å². The van der Waals surface area contributed by atoms with Crippen molar-refractivity contribution < 1.29 is 14.9 Å². The van der Waals surface area contributed by atoms with Crippen molar-refractivity contribution in [1.29, 1.82) is 0 Å². The molecule has 1 aliphatic rings. The number of β-amino-alcohol motifs (C(OH)–C–C–N with tert-alkyl or cyclic N) is 1. The van der Waals surface area contributed by atoms with Gasteiger partial charge in [0.1, 0.15) is 0 Å². The van der Waals surface area contributed by atoms with Crippen molar-refractivity contribution in [3.63, 3.8) is 0 Å². The molecule has 1 fully saturated rings. The molecule has 96 valence electrons. The highest BCUT2D eigenvalue weighted by Gasteiger charge is 2.35. The first kappa shape index (κ1) is 13.9. The summed E-state index contributed by atoms with van der Waals surface area (Å²) in [6.07, 6.45) is 4.86. The molecule has 3 N–H and O–H groups in total. The summed E-state index contributed by atoms with van der Waals surface area (Å²) in [5.74, 6) is 0. The molecule has 1 rings (SSSR count). The third kappa shape index (κ3) is 4.37. The van der Waals surface area contributed by atoms with Crippen LogP contribution in [0.25, 0.3) is 0 Å². The Labute approximate surface area is 98.0 Å². The van der Waals surface area contributed by atoms with Crippen LogP contribution < -0.4 is 5.32 Å². The van der Waals surface area contributed by atoms with E-state index in [1.165, 1.54) is 0 Å². The lowest BCUT2D eigenvalue weighted by molar-refractivity contribution is 0.0186. The van der Waals surface area contributed by atoms with Gasteiger partial charge in [-0.1, -0.05) is 13.3 Å². The summed E-state index contributed by atoms with van der Waals surface area (Å²) < 4.78 is 5.33. The molecule has 0 spiro atoms. The van der Waals surface area contributed by atoms with Gasteiger partial charge in [-0.15, -0.1) is 0 Å². The lowest BCUT2D eigenvalue weighted by atomic mass is 9.77. The van der Waals surface area contributed by atoms with Crippen LogP contribution in [0.1, 0.15) is 39.0 Å². The molecule has 1 saturated carbocycles. The Morgan fingerprint density at radius 3 is 2.69 bits per heavy atom. The Hall–Kier alpha value is -0.160. The van der Waals surface area contributed by atoms with Gasteiger partial charge in [0, 0.05) is 18.7 Å². The van der Waals surface area contributed by atoms with Crippen molar-refractivity contribution in [3.8, 4) is 0 Å². The topological polar surface area (TPSA) is 61.7 Å². The van der Waals surface area contributed by atoms with E-state index in [2.05, 4.69) is 12.2 Å². The third-order valence-corrected chi connectivity index (χ3v) is 3.28. The van der Waals surface area contributed by atoms with Gasteiger partial charge in [0.25, 0.3) is 0 Å². The van der Waals surface area contributed by atoms with Crippen LogP contribution in [0, 0.1) is 0 Å². The molecule has 4 heteroatoms. The second-order valence-corrected chi connectivity index (χ2v) is 4.76. The van der Waals surface area contributed by atoms with Crippen molar-refractivity contribution in [2.45, 2.75) is 50.7 Å². The fraction of sp³-hybridized carbons (Fsp3) is 1.00. The van der Waals surface area contributed by atoms with Gasteiger partial charge in [-0.25, -0.2) is 0 Å². The molecule has 4 nitrogen and oxygen atoms in total. The highest BCUT2D eigenvalue weighted by Crippen LogP contribution is 2.30. The van der Waals surface area contributed by atoms with Gasteiger partial charge in [0.2, 0.25) is 0 Å². The van der Waals surface area contributed by atoms with Crippen molar-refractivity contribution in [3.05, 3.63) is 0 Å². The zero-order chi connectivity index (χ0) is 11.9. The number of aliphatic hydroxyl groups excluding tert-OH is 2. The van der Waals surface area contributed by atoms with Gasteiger partial charge in [-0.2, -0.15) is 0 Å². The molecule has 0 heterocycles. The first-order chi connectivity index (χ1) is 7.72. The van der Waals surface area contributed by atoms with E-state index < -0.39 is 6.10 Å². The fourth-order valence-corrected chi connectivity index (χ4v) is 1.85. The molecular formula is C12H25NO3. The maximum Gasteiger partial charge on any atom is 0.0897 e. The summed E-state index contributed by atoms with van der Waals surface area (Å²) in [4.78, 5) is 0. The average Bonchev–Trinajstić information content (AvgIpc) is 2.24. The second kappa shape index (κ2) is 7.22. The molecule has 0 bridgehead atoms. The number of nitrogens with one attached hydrogen (secondary N) is 1. The van der Waals surface area contributed by atoms with E-state index in [1.54, 1.807) is 0 Å². The summed E-state index contributed by atoms with van der Waals surface area (Å²) in [6, 6.07) is 0. The van der Waals surface area contributed by atoms with Crippen LogP contribution in [0.15, 0.2) is 0 Å². The van der Waals surface area contributed by atoms with Gasteiger partial charge in [0.05, 0.1) is 19.3 Å². The molecule has 1 atom stereocenters. The highest BCUT2D eigenvalue weighted by atomic mass is 16.5. The molecule has 0 aromatic rings. The summed E-state index contributed by atoms with van der Waals surface area (Å²) in [5.41, 5.74) is -0.121. The van der Waals surface area contributed by atoms with E-state index in [9.17, 15) is 10.2 Å². The zero-order valence-corrected chi connectivity index (χ0v) is 10.2. The number of unbranched alkanes of at least 4 members (excludes halogenated alkanes) is 1. The van der Waals surface area contributed by atoms with Gasteiger partial charge in [-0.05, 0) is 25.7 Å². The predicted molar refractivity (Wildman–Crippen MR) is 63.4 cm³/mol. The van der Waals surface area contributed by atoms with Gasteiger partial charge in [-0.3, -0.25) is 0 Å². The lowest BCUT2D eigenvalue weighted by Crippen LogP contribution is -2.56. The smallest absolute Gasteiger partial charge is 0.0897 e. The number of rotatable bonds is 9. The maximum atomic E-state index is 9.66. The minimum atomic E-state index is -0.471. The molecule has 0 aromatic carbocycles. The monoisotopic (exact) mass is 231 g/mol. The van der Waals surface area contributed by atoms with E-state index >= 15 is 0 Å². The van der Waals surface area contributed by atoms with Crippen LogP contribution in [0.2, 0.25) is 0 Å². The molecule has 1 unspecified atom stereocenters. The second-order valence-electron chi connectivity index (χ2n) is 4.76. The van der Waals surface area contributed by atoms with Gasteiger partial charge < -0.3 is 20.3 Å². The Morgan fingerprint density at radius 2 is 2.19 bits per heavy atom. The number of aliphatic hydroxyl groups is 2. The Morgan fingerprint density at radius 1 is 1.44 bits per heavy atom. The van der Waals surface area contributed by atoms with Crippen molar-refractivity contribution in [1.82, 2.24) is 5.32 Å². The summed E-state index contributed by atoms with van der Waals surface area (Å²) in [6.45, 7) is 3.89. The van der Waals surface area contributed by atoms with Crippen LogP contribution in [-0.4, -0.2) is 48.2 Å². The van der Waals surface area contributed by atoms with E-state index in [-0.39, 0.29) is 12.1 Å². The van der Waals surface area contributed by atoms with Crippen molar-refractivity contribution in [2.24, 2.45) is 0 Å². The number of hydrogen-bond acceptors (Lipinski definition) is 4. The molecule has 0 aliphatic heterocycles. The quantitative estimate of drug-likeness (QED) is 0.510. The van der Waals surface area contributed by atoms with Crippen LogP contribution in [-0.2, 0) is 4.74 Å². The zero-order valence-electron chi connectivity index (χ0n) is 10.2. The fourth-order valence-electron chi connectivity index (χ4n) is 1.85. The Balaban J connectivity index is 2.03. The standard InChI is InChI=1S/C12H25NO3/c1-2-3-7-16-9-11(15)8-13-12(10-14)5-4-6-12/h11,13-15H,2-10H2,1H3. The van der Waals surface area contributed by atoms with Gasteiger partial charge in [0.15, 0.2) is 0 Å². The number of ether oxygens (including phenoxy) is 1. The van der Waals surface area contributed by atoms with Gasteiger partial charge >= 0.3 is 0 Å². The van der Waals surface area contributed by atoms with Crippen LogP contribution in [0.5, 0.6) is 0 Å². The van der Waals surface area contributed by atoms with E-state index in [1.807, 2.05) is 0 Å². The van der Waals surface area contributed by atoms with E-state index in [4.69, 9.17) is 4.74 Å².